The molecule has 1 aromatic carbocycles. The number of aryl methyl sites for hydroxylation is 1. The summed E-state index contributed by atoms with van der Waals surface area (Å²) in [6.45, 7) is 11.5. The number of nitrogens with one attached hydrogen (secondary N) is 1. The van der Waals surface area contributed by atoms with Crippen molar-refractivity contribution in [2.45, 2.75) is 72.4 Å². The van der Waals surface area contributed by atoms with Crippen LogP contribution in [-0.4, -0.2) is 22.5 Å². The highest BCUT2D eigenvalue weighted by Crippen LogP contribution is 2.51. The molecule has 0 aliphatic heterocycles. The maximum absolute atomic E-state index is 13.0. The van der Waals surface area contributed by atoms with Crippen molar-refractivity contribution in [1.29, 1.82) is 0 Å². The molecule has 1 aliphatic carbocycles. The van der Waals surface area contributed by atoms with Gasteiger partial charge in [0.05, 0.1) is 5.52 Å². The Morgan fingerprint density at radius 2 is 1.83 bits per heavy atom. The lowest BCUT2D eigenvalue weighted by molar-refractivity contribution is 0.0929. The highest BCUT2D eigenvalue weighted by Gasteiger charge is 2.42. The molecule has 0 radical (unpaired) electrons. The number of imidazole rings is 1. The third-order valence-corrected chi connectivity index (χ3v) is 8.03. The zero-order valence-corrected chi connectivity index (χ0v) is 22.5. The third-order valence-electron chi connectivity index (χ3n) is 7.54. The Labute approximate surface area is 209 Å². The van der Waals surface area contributed by atoms with Gasteiger partial charge in [0, 0.05) is 31.2 Å². The largest absolute Gasteiger partial charge is 0.330 e. The van der Waals surface area contributed by atoms with Crippen LogP contribution in [0.2, 0.25) is 0 Å². The fraction of sp³-hybridized carbons (Fsp3) is 0.556. The van der Waals surface area contributed by atoms with Crippen LogP contribution >= 0.6 is 0 Å². The summed E-state index contributed by atoms with van der Waals surface area (Å²) in [5, 5.41) is 0. The molecule has 1 N–H and O–H groups in total. The molecule has 3 aromatic rings. The molecule has 2 aromatic heterocycles. The SMILES string of the molecule is Cn1c(=O)n(CC(C)(C)C)c2ccc(C3CCC(C)(C)C(C(N[SH](=O)=O)c4ccccc4)C3)nc21. The first kappa shape index (κ1) is 25.6. The molecular formula is C27H38N4O3S. The van der Waals surface area contributed by atoms with E-state index in [0.29, 0.717) is 12.2 Å². The van der Waals surface area contributed by atoms with Crippen LogP contribution in [0.25, 0.3) is 11.2 Å². The minimum Gasteiger partial charge on any atom is -0.290 e. The number of hydrogen-bond acceptors (Lipinski definition) is 4. The average molecular weight is 499 g/mol. The molecule has 0 amide bonds. The molecule has 190 valence electrons. The summed E-state index contributed by atoms with van der Waals surface area (Å²) in [7, 11) is -0.960. The smallest absolute Gasteiger partial charge is 0.290 e. The predicted molar refractivity (Wildman–Crippen MR) is 141 cm³/mol. The Balaban J connectivity index is 1.71. The summed E-state index contributed by atoms with van der Waals surface area (Å²) in [6, 6.07) is 13.6. The van der Waals surface area contributed by atoms with Crippen LogP contribution in [-0.2, 0) is 24.5 Å². The summed E-state index contributed by atoms with van der Waals surface area (Å²) in [5.74, 6) is 0.291. The number of benzene rings is 1. The van der Waals surface area contributed by atoms with E-state index in [-0.39, 0.29) is 34.4 Å². The monoisotopic (exact) mass is 498 g/mol. The maximum Gasteiger partial charge on any atom is 0.330 e. The van der Waals surface area contributed by atoms with Crippen molar-refractivity contribution in [3.05, 3.63) is 64.2 Å². The van der Waals surface area contributed by atoms with Gasteiger partial charge in [-0.25, -0.2) is 22.9 Å². The lowest BCUT2D eigenvalue weighted by Gasteiger charge is -2.45. The first-order valence-electron chi connectivity index (χ1n) is 12.4. The maximum atomic E-state index is 13.0. The molecule has 4 rings (SSSR count). The van der Waals surface area contributed by atoms with Gasteiger partial charge in [0.2, 0.25) is 10.9 Å². The average Bonchev–Trinajstić information content (AvgIpc) is 3.01. The van der Waals surface area contributed by atoms with Crippen molar-refractivity contribution < 1.29 is 8.42 Å². The van der Waals surface area contributed by atoms with Gasteiger partial charge in [-0.2, -0.15) is 0 Å². The van der Waals surface area contributed by atoms with Gasteiger partial charge >= 0.3 is 5.69 Å². The van der Waals surface area contributed by atoms with Gasteiger partial charge in [0.15, 0.2) is 5.65 Å². The van der Waals surface area contributed by atoms with E-state index in [4.69, 9.17) is 4.98 Å². The van der Waals surface area contributed by atoms with E-state index in [2.05, 4.69) is 45.4 Å². The van der Waals surface area contributed by atoms with Crippen molar-refractivity contribution in [3.8, 4) is 0 Å². The van der Waals surface area contributed by atoms with Gasteiger partial charge in [-0.05, 0) is 53.7 Å². The Bertz CT molecular complexity index is 1320. The lowest BCUT2D eigenvalue weighted by Crippen LogP contribution is -2.40. The molecule has 8 heteroatoms. The Hall–Kier alpha value is -2.45. The number of thiol groups is 1. The molecule has 2 heterocycles. The summed E-state index contributed by atoms with van der Waals surface area (Å²) in [4.78, 5) is 17.9. The topological polar surface area (TPSA) is 86.0 Å². The number of rotatable bonds is 6. The minimum absolute atomic E-state index is 0.0268. The van der Waals surface area contributed by atoms with Crippen molar-refractivity contribution in [2.24, 2.45) is 23.8 Å². The molecule has 1 fully saturated rings. The first-order valence-corrected chi connectivity index (χ1v) is 13.6. The van der Waals surface area contributed by atoms with Crippen LogP contribution in [0.5, 0.6) is 0 Å². The van der Waals surface area contributed by atoms with Gasteiger partial charge in [-0.15, -0.1) is 0 Å². The second kappa shape index (κ2) is 9.54. The van der Waals surface area contributed by atoms with E-state index >= 15 is 0 Å². The van der Waals surface area contributed by atoms with E-state index in [1.807, 2.05) is 41.0 Å². The highest BCUT2D eigenvalue weighted by atomic mass is 32.2. The summed E-state index contributed by atoms with van der Waals surface area (Å²) >= 11 is 0. The van der Waals surface area contributed by atoms with Crippen molar-refractivity contribution in [1.82, 2.24) is 18.8 Å². The van der Waals surface area contributed by atoms with Crippen LogP contribution in [0.15, 0.2) is 47.3 Å². The third kappa shape index (κ3) is 5.38. The minimum atomic E-state index is -2.75. The van der Waals surface area contributed by atoms with Crippen LogP contribution in [0.4, 0.5) is 0 Å². The van der Waals surface area contributed by atoms with Crippen molar-refractivity contribution in [3.63, 3.8) is 0 Å². The number of fused-ring (bicyclic) bond motifs is 1. The normalized spacial score (nSPS) is 21.5. The van der Waals surface area contributed by atoms with Gasteiger partial charge in [-0.3, -0.25) is 9.13 Å². The molecule has 0 spiro atoms. The fourth-order valence-electron chi connectivity index (χ4n) is 5.64. The van der Waals surface area contributed by atoms with E-state index in [1.54, 1.807) is 11.6 Å². The zero-order valence-electron chi connectivity index (χ0n) is 21.6. The molecule has 0 bridgehead atoms. The molecule has 1 aliphatic rings. The molecule has 7 nitrogen and oxygen atoms in total. The first-order chi connectivity index (χ1) is 16.4. The standard InChI is InChI=1S/C27H38N4O3S/c1-26(2,3)17-31-22-13-12-21(28-24(22)30(6)25(31)32)19-14-15-27(4,5)20(16-19)23(29-35(33)34)18-10-8-7-9-11-18/h7-13,19-20,23,35H,14-17H2,1-6H3,(H,29,33,34). The number of nitrogens with zero attached hydrogens (tertiary/aromatic N) is 3. The highest BCUT2D eigenvalue weighted by molar-refractivity contribution is 7.70. The molecule has 35 heavy (non-hydrogen) atoms. The van der Waals surface area contributed by atoms with Crippen LogP contribution < -0.4 is 10.4 Å². The van der Waals surface area contributed by atoms with Gasteiger partial charge in [-0.1, -0.05) is 65.0 Å². The van der Waals surface area contributed by atoms with Gasteiger partial charge < -0.3 is 0 Å². The van der Waals surface area contributed by atoms with Crippen LogP contribution in [0, 0.1) is 16.7 Å². The predicted octanol–water partition coefficient (Wildman–Crippen LogP) is 4.55. The molecule has 3 unspecified atom stereocenters. The summed E-state index contributed by atoms with van der Waals surface area (Å²) in [6.07, 6.45) is 2.76. The Morgan fingerprint density at radius 3 is 2.46 bits per heavy atom. The number of pyridine rings is 1. The van der Waals surface area contributed by atoms with E-state index in [0.717, 1.165) is 36.0 Å². The molecule has 3 atom stereocenters. The van der Waals surface area contributed by atoms with Gasteiger partial charge in [0.25, 0.3) is 0 Å². The van der Waals surface area contributed by atoms with E-state index in [9.17, 15) is 13.2 Å². The fourth-order valence-corrected chi connectivity index (χ4v) is 6.20. The molecular weight excluding hydrogens is 460 g/mol. The molecule has 1 saturated carbocycles. The van der Waals surface area contributed by atoms with Gasteiger partial charge in [0.1, 0.15) is 0 Å². The van der Waals surface area contributed by atoms with E-state index < -0.39 is 10.9 Å². The second-order valence-corrected chi connectivity index (χ2v) is 12.7. The van der Waals surface area contributed by atoms with Crippen molar-refractivity contribution >= 4 is 22.1 Å². The Kier molecular flexibility index (Phi) is 6.99. The van der Waals surface area contributed by atoms with E-state index in [1.165, 1.54) is 0 Å². The zero-order chi connectivity index (χ0) is 25.5. The van der Waals surface area contributed by atoms with Crippen LogP contribution in [0.3, 0.4) is 0 Å². The van der Waals surface area contributed by atoms with Crippen LogP contribution in [0.1, 0.15) is 77.1 Å². The molecule has 0 saturated heterocycles. The quantitative estimate of drug-likeness (QED) is 0.488. The number of hydrogen-bond donors (Lipinski definition) is 2. The second-order valence-electron chi connectivity index (χ2n) is 11.9. The summed E-state index contributed by atoms with van der Waals surface area (Å²) < 4.78 is 29.9. The lowest BCUT2D eigenvalue weighted by atomic mass is 9.61. The Morgan fingerprint density at radius 1 is 1.14 bits per heavy atom. The summed E-state index contributed by atoms with van der Waals surface area (Å²) in [5.41, 5.74) is 3.41. The number of aromatic nitrogens is 3. The van der Waals surface area contributed by atoms with Crippen molar-refractivity contribution in [2.75, 3.05) is 0 Å².